The van der Waals surface area contributed by atoms with Crippen LogP contribution in [0, 0.1) is 13.8 Å². The van der Waals surface area contributed by atoms with Gasteiger partial charge in [0.15, 0.2) is 5.16 Å². The van der Waals surface area contributed by atoms with Gasteiger partial charge in [-0.3, -0.25) is 14.2 Å². The minimum Gasteiger partial charge on any atom is -0.468 e. The van der Waals surface area contributed by atoms with Crippen molar-refractivity contribution in [2.75, 3.05) is 7.11 Å². The van der Waals surface area contributed by atoms with Crippen molar-refractivity contribution in [2.24, 2.45) is 0 Å². The van der Waals surface area contributed by atoms with Crippen LogP contribution in [-0.4, -0.2) is 27.9 Å². The van der Waals surface area contributed by atoms with Crippen LogP contribution in [0.1, 0.15) is 37.3 Å². The van der Waals surface area contributed by atoms with Gasteiger partial charge in [-0.05, 0) is 40.2 Å². The largest absolute Gasteiger partial charge is 0.468 e. The van der Waals surface area contributed by atoms with E-state index in [4.69, 9.17) is 4.74 Å². The summed E-state index contributed by atoms with van der Waals surface area (Å²) in [4.78, 5) is 31.0. The van der Waals surface area contributed by atoms with Crippen molar-refractivity contribution in [3.8, 4) is 0 Å². The second kappa shape index (κ2) is 6.42. The molecule has 120 valence electrons. The van der Waals surface area contributed by atoms with Gasteiger partial charge in [-0.1, -0.05) is 11.8 Å². The van der Waals surface area contributed by atoms with E-state index in [0.29, 0.717) is 10.5 Å². The predicted molar refractivity (Wildman–Crippen MR) is 91.1 cm³/mol. The van der Waals surface area contributed by atoms with Gasteiger partial charge in [0, 0.05) is 10.9 Å². The first-order valence-electron chi connectivity index (χ1n) is 7.04. The second-order valence-electron chi connectivity index (χ2n) is 5.41. The Morgan fingerprint density at radius 1 is 1.32 bits per heavy atom. The average molecular weight is 340 g/mol. The molecule has 5 nitrogen and oxygen atoms in total. The molecule has 0 aliphatic carbocycles. The number of carbonyl (C=O) groups is 1. The van der Waals surface area contributed by atoms with E-state index in [1.807, 2.05) is 27.7 Å². The minimum absolute atomic E-state index is 0.0312. The molecule has 0 spiro atoms. The van der Waals surface area contributed by atoms with Crippen molar-refractivity contribution in [1.29, 1.82) is 0 Å². The number of hydrogen-bond acceptors (Lipinski definition) is 6. The zero-order valence-electron chi connectivity index (χ0n) is 13.6. The van der Waals surface area contributed by atoms with Crippen LogP contribution >= 0.6 is 23.1 Å². The van der Waals surface area contributed by atoms with Crippen LogP contribution < -0.4 is 5.56 Å². The van der Waals surface area contributed by atoms with Gasteiger partial charge >= 0.3 is 5.97 Å². The van der Waals surface area contributed by atoms with Crippen molar-refractivity contribution in [3.05, 3.63) is 20.8 Å². The number of rotatable bonds is 4. The summed E-state index contributed by atoms with van der Waals surface area (Å²) in [5, 5.41) is 0.833. The highest BCUT2D eigenvalue weighted by molar-refractivity contribution is 8.00. The molecular formula is C15H20N2O3S2. The number of methoxy groups -OCH3 is 1. The summed E-state index contributed by atoms with van der Waals surface area (Å²) in [6.07, 6.45) is 0. The van der Waals surface area contributed by atoms with Crippen molar-refractivity contribution in [2.45, 2.75) is 51.1 Å². The third-order valence-corrected chi connectivity index (χ3v) is 5.68. The summed E-state index contributed by atoms with van der Waals surface area (Å²) in [6, 6.07) is -0.0312. The molecule has 0 saturated heterocycles. The first kappa shape index (κ1) is 17.0. The molecule has 0 N–H and O–H groups in total. The van der Waals surface area contributed by atoms with Gasteiger partial charge in [0.1, 0.15) is 10.1 Å². The number of aryl methyl sites for hydroxylation is 2. The van der Waals surface area contributed by atoms with Gasteiger partial charge in [-0.2, -0.15) is 0 Å². The zero-order valence-corrected chi connectivity index (χ0v) is 15.2. The minimum atomic E-state index is -0.415. The van der Waals surface area contributed by atoms with E-state index >= 15 is 0 Å². The van der Waals surface area contributed by atoms with Gasteiger partial charge < -0.3 is 4.74 Å². The number of carbonyl (C=O) groups excluding carboxylic acids is 1. The summed E-state index contributed by atoms with van der Waals surface area (Å²) in [6.45, 7) is 9.58. The van der Waals surface area contributed by atoms with E-state index in [0.717, 1.165) is 15.3 Å². The Balaban J connectivity index is 2.65. The molecule has 2 aromatic heterocycles. The van der Waals surface area contributed by atoms with E-state index in [1.54, 1.807) is 11.5 Å². The maximum Gasteiger partial charge on any atom is 0.318 e. The molecule has 0 amide bonds. The van der Waals surface area contributed by atoms with Crippen molar-refractivity contribution in [3.63, 3.8) is 0 Å². The lowest BCUT2D eigenvalue weighted by molar-refractivity contribution is -0.139. The van der Waals surface area contributed by atoms with E-state index < -0.39 is 5.25 Å². The second-order valence-corrected chi connectivity index (χ2v) is 7.92. The van der Waals surface area contributed by atoms with Gasteiger partial charge in [0.25, 0.3) is 5.56 Å². The molecule has 0 fully saturated rings. The van der Waals surface area contributed by atoms with E-state index in [1.165, 1.54) is 30.2 Å². The number of hydrogen-bond donors (Lipinski definition) is 0. The number of thiophene rings is 1. The van der Waals surface area contributed by atoms with E-state index in [2.05, 4.69) is 4.98 Å². The van der Waals surface area contributed by atoms with Crippen LogP contribution in [-0.2, 0) is 9.53 Å². The standard InChI is InChI=1S/C15H20N2O3S2/c1-7(2)17-13(18)11-8(3)9(4)21-12(11)16-15(17)22-10(5)14(19)20-6/h7,10H,1-6H3/t10-/m0/s1. The molecule has 0 unspecified atom stereocenters. The van der Waals surface area contributed by atoms with Crippen molar-refractivity contribution in [1.82, 2.24) is 9.55 Å². The first-order valence-corrected chi connectivity index (χ1v) is 8.74. The Hall–Kier alpha value is -1.34. The van der Waals surface area contributed by atoms with Crippen LogP contribution in [0.5, 0.6) is 0 Å². The zero-order chi connectivity index (χ0) is 16.6. The number of thioether (sulfide) groups is 1. The summed E-state index contributed by atoms with van der Waals surface area (Å²) in [7, 11) is 1.36. The molecule has 0 aromatic carbocycles. The lowest BCUT2D eigenvalue weighted by Crippen LogP contribution is -2.26. The normalized spacial score (nSPS) is 12.9. The number of nitrogens with zero attached hydrogens (tertiary/aromatic N) is 2. The Bertz CT molecular complexity index is 777. The fourth-order valence-corrected chi connectivity index (χ4v) is 4.34. The molecule has 0 bridgehead atoms. The summed E-state index contributed by atoms with van der Waals surface area (Å²) in [5.41, 5.74) is 0.950. The molecule has 0 saturated carbocycles. The topological polar surface area (TPSA) is 61.2 Å². The van der Waals surface area contributed by atoms with Crippen LogP contribution in [0.4, 0.5) is 0 Å². The quantitative estimate of drug-likeness (QED) is 0.485. The maximum absolute atomic E-state index is 12.8. The summed E-state index contributed by atoms with van der Waals surface area (Å²) >= 11 is 2.77. The van der Waals surface area contributed by atoms with Gasteiger partial charge in [-0.15, -0.1) is 11.3 Å². The van der Waals surface area contributed by atoms with Crippen molar-refractivity contribution >= 4 is 39.3 Å². The fourth-order valence-electron chi connectivity index (χ4n) is 2.20. The average Bonchev–Trinajstić information content (AvgIpc) is 2.72. The lowest BCUT2D eigenvalue weighted by Gasteiger charge is -2.17. The summed E-state index contributed by atoms with van der Waals surface area (Å²) in [5.74, 6) is -0.326. The van der Waals surface area contributed by atoms with Crippen LogP contribution in [0.2, 0.25) is 0 Å². The molecule has 2 heterocycles. The molecule has 0 radical (unpaired) electrons. The first-order chi connectivity index (χ1) is 10.3. The molecular weight excluding hydrogens is 320 g/mol. The highest BCUT2D eigenvalue weighted by atomic mass is 32.2. The Kier molecular flexibility index (Phi) is 4.97. The smallest absolute Gasteiger partial charge is 0.318 e. The lowest BCUT2D eigenvalue weighted by atomic mass is 10.2. The van der Waals surface area contributed by atoms with Crippen LogP contribution in [0.25, 0.3) is 10.2 Å². The van der Waals surface area contributed by atoms with Crippen LogP contribution in [0.15, 0.2) is 9.95 Å². The molecule has 0 aliphatic rings. The molecule has 22 heavy (non-hydrogen) atoms. The Morgan fingerprint density at radius 2 is 1.95 bits per heavy atom. The number of esters is 1. The van der Waals surface area contributed by atoms with Gasteiger partial charge in [0.2, 0.25) is 0 Å². The summed E-state index contributed by atoms with van der Waals surface area (Å²) < 4.78 is 6.41. The third-order valence-electron chi connectivity index (χ3n) is 3.53. The van der Waals surface area contributed by atoms with E-state index in [9.17, 15) is 9.59 Å². The molecule has 2 rings (SSSR count). The number of aromatic nitrogens is 2. The predicted octanol–water partition coefficient (Wildman–Crippen LogP) is 3.31. The fraction of sp³-hybridized carbons (Fsp3) is 0.533. The maximum atomic E-state index is 12.8. The highest BCUT2D eigenvalue weighted by Gasteiger charge is 2.22. The molecule has 2 aromatic rings. The van der Waals surface area contributed by atoms with Crippen molar-refractivity contribution < 1.29 is 9.53 Å². The third kappa shape index (κ3) is 2.92. The Labute approximate surface area is 137 Å². The highest BCUT2D eigenvalue weighted by Crippen LogP contribution is 2.30. The number of fused-ring (bicyclic) bond motifs is 1. The monoisotopic (exact) mass is 340 g/mol. The van der Waals surface area contributed by atoms with Gasteiger partial charge in [-0.25, -0.2) is 4.98 Å². The SMILES string of the molecule is COC(=O)[C@H](C)Sc1nc2sc(C)c(C)c2c(=O)n1C(C)C. The Morgan fingerprint density at radius 3 is 2.50 bits per heavy atom. The molecule has 0 aliphatic heterocycles. The van der Waals surface area contributed by atoms with E-state index in [-0.39, 0.29) is 17.6 Å². The number of ether oxygens (including phenoxy) is 1. The molecule has 1 atom stereocenters. The molecule has 7 heteroatoms. The van der Waals surface area contributed by atoms with Gasteiger partial charge in [0.05, 0.1) is 12.5 Å². The van der Waals surface area contributed by atoms with Crippen LogP contribution in [0.3, 0.4) is 0 Å².